The van der Waals surface area contributed by atoms with Crippen molar-refractivity contribution in [2.75, 3.05) is 44.3 Å². The number of halogens is 1. The average Bonchev–Trinajstić information content (AvgIpc) is 3.32. The van der Waals surface area contributed by atoms with Gasteiger partial charge >= 0.3 is 0 Å². The van der Waals surface area contributed by atoms with Gasteiger partial charge in [-0.25, -0.2) is 4.98 Å². The lowest BCUT2D eigenvalue weighted by Crippen LogP contribution is -2.43. The molecule has 136 valence electrons. The lowest BCUT2D eigenvalue weighted by Gasteiger charge is -2.28. The first-order valence-electron chi connectivity index (χ1n) is 8.42. The molecule has 1 aliphatic rings. The molecule has 8 heteroatoms. The lowest BCUT2D eigenvalue weighted by atomic mass is 10.3. The molecular weight excluding hydrogens is 374 g/mol. The fourth-order valence-electron chi connectivity index (χ4n) is 2.89. The highest BCUT2D eigenvalue weighted by molar-refractivity contribution is 7.22. The Morgan fingerprint density at radius 3 is 2.92 bits per heavy atom. The largest absolute Gasteiger partial charge is 0.459 e. The van der Waals surface area contributed by atoms with Crippen LogP contribution < -0.4 is 4.90 Å². The molecular formula is C18H18ClN3O3S. The summed E-state index contributed by atoms with van der Waals surface area (Å²) in [4.78, 5) is 21.6. The highest BCUT2D eigenvalue weighted by Crippen LogP contribution is 2.31. The average molecular weight is 392 g/mol. The molecule has 0 bridgehead atoms. The Bertz CT molecular complexity index is 890. The van der Waals surface area contributed by atoms with Crippen molar-refractivity contribution in [2.24, 2.45) is 0 Å². The van der Waals surface area contributed by atoms with Crippen molar-refractivity contribution in [1.29, 1.82) is 0 Å². The highest BCUT2D eigenvalue weighted by atomic mass is 35.5. The third kappa shape index (κ3) is 3.76. The first kappa shape index (κ1) is 17.5. The van der Waals surface area contributed by atoms with Crippen LogP contribution in [-0.4, -0.2) is 55.2 Å². The van der Waals surface area contributed by atoms with Crippen LogP contribution in [0, 0.1) is 0 Å². The van der Waals surface area contributed by atoms with Gasteiger partial charge in [-0.2, -0.15) is 0 Å². The number of thiazole rings is 1. The zero-order valence-corrected chi connectivity index (χ0v) is 15.6. The van der Waals surface area contributed by atoms with Crippen molar-refractivity contribution in [2.45, 2.75) is 0 Å². The molecule has 0 spiro atoms. The summed E-state index contributed by atoms with van der Waals surface area (Å²) in [5, 5.41) is 1.31. The van der Waals surface area contributed by atoms with E-state index in [4.69, 9.17) is 20.8 Å². The summed E-state index contributed by atoms with van der Waals surface area (Å²) in [6, 6.07) is 8.93. The number of carbonyl (C=O) groups is 1. The molecule has 3 aromatic rings. The number of amides is 1. The van der Waals surface area contributed by atoms with E-state index < -0.39 is 0 Å². The quantitative estimate of drug-likeness (QED) is 0.666. The molecule has 0 unspecified atom stereocenters. The second-order valence-electron chi connectivity index (χ2n) is 6.00. The van der Waals surface area contributed by atoms with Crippen LogP contribution in [0.1, 0.15) is 10.6 Å². The van der Waals surface area contributed by atoms with E-state index in [1.807, 2.05) is 12.1 Å². The molecule has 0 radical (unpaired) electrons. The Morgan fingerprint density at radius 2 is 2.15 bits per heavy atom. The number of hydrogen-bond donors (Lipinski definition) is 0. The minimum absolute atomic E-state index is 0.187. The van der Waals surface area contributed by atoms with Crippen LogP contribution in [0.5, 0.6) is 0 Å². The number of morpholine rings is 1. The van der Waals surface area contributed by atoms with Gasteiger partial charge in [0.05, 0.1) is 29.7 Å². The van der Waals surface area contributed by atoms with Gasteiger partial charge in [0.2, 0.25) is 0 Å². The molecule has 1 saturated heterocycles. The Hall–Kier alpha value is -1.93. The van der Waals surface area contributed by atoms with E-state index in [-0.39, 0.29) is 5.91 Å². The van der Waals surface area contributed by atoms with Gasteiger partial charge in [0.15, 0.2) is 10.9 Å². The minimum Gasteiger partial charge on any atom is -0.459 e. The van der Waals surface area contributed by atoms with Gasteiger partial charge < -0.3 is 9.15 Å². The van der Waals surface area contributed by atoms with Gasteiger partial charge in [-0.05, 0) is 30.3 Å². The van der Waals surface area contributed by atoms with E-state index in [0.717, 1.165) is 43.1 Å². The fraction of sp³-hybridized carbons (Fsp3) is 0.333. The van der Waals surface area contributed by atoms with Crippen LogP contribution >= 0.6 is 22.9 Å². The Labute approximate surface area is 159 Å². The number of aromatic nitrogens is 1. The molecule has 2 aromatic heterocycles. The summed E-state index contributed by atoms with van der Waals surface area (Å²) in [7, 11) is 0. The summed E-state index contributed by atoms with van der Waals surface area (Å²) >= 11 is 7.54. The van der Waals surface area contributed by atoms with Crippen LogP contribution in [0.3, 0.4) is 0 Å². The standard InChI is InChI=1S/C18H18ClN3O3S/c19-13-3-4-14-16(12-13)26-18(20-14)22(17(23)15-2-1-9-25-15)6-5-21-7-10-24-11-8-21/h1-4,9,12H,5-8,10-11H2. The lowest BCUT2D eigenvalue weighted by molar-refractivity contribution is 0.0390. The van der Waals surface area contributed by atoms with Crippen LogP contribution in [0.4, 0.5) is 5.13 Å². The van der Waals surface area contributed by atoms with Crippen molar-refractivity contribution >= 4 is 44.2 Å². The minimum atomic E-state index is -0.187. The number of hydrogen-bond acceptors (Lipinski definition) is 6. The van der Waals surface area contributed by atoms with Crippen LogP contribution in [0.15, 0.2) is 41.0 Å². The smallest absolute Gasteiger partial charge is 0.295 e. The summed E-state index contributed by atoms with van der Waals surface area (Å²) in [5.41, 5.74) is 0.831. The van der Waals surface area contributed by atoms with Crippen molar-refractivity contribution in [1.82, 2.24) is 9.88 Å². The fourth-order valence-corrected chi connectivity index (χ4v) is 4.15. The van der Waals surface area contributed by atoms with Crippen molar-refractivity contribution < 1.29 is 13.9 Å². The summed E-state index contributed by atoms with van der Waals surface area (Å²) in [6.45, 7) is 4.49. The number of nitrogens with zero attached hydrogens (tertiary/aromatic N) is 3. The van der Waals surface area contributed by atoms with E-state index in [1.54, 1.807) is 23.1 Å². The van der Waals surface area contributed by atoms with E-state index in [9.17, 15) is 4.79 Å². The number of rotatable bonds is 5. The molecule has 1 aromatic carbocycles. The Morgan fingerprint density at radius 1 is 1.31 bits per heavy atom. The number of furan rings is 1. The molecule has 1 aliphatic heterocycles. The normalized spacial score (nSPS) is 15.4. The highest BCUT2D eigenvalue weighted by Gasteiger charge is 2.24. The number of anilines is 1. The molecule has 26 heavy (non-hydrogen) atoms. The third-order valence-corrected chi connectivity index (χ3v) is 5.57. The van der Waals surface area contributed by atoms with E-state index in [2.05, 4.69) is 9.88 Å². The topological polar surface area (TPSA) is 58.8 Å². The number of fused-ring (bicyclic) bond motifs is 1. The number of benzene rings is 1. The predicted molar refractivity (Wildman–Crippen MR) is 102 cm³/mol. The Balaban J connectivity index is 1.60. The molecule has 0 atom stereocenters. The molecule has 3 heterocycles. The van der Waals surface area contributed by atoms with Crippen molar-refractivity contribution in [3.8, 4) is 0 Å². The number of carbonyl (C=O) groups excluding carboxylic acids is 1. The molecule has 0 saturated carbocycles. The molecule has 1 fully saturated rings. The molecule has 6 nitrogen and oxygen atoms in total. The van der Waals surface area contributed by atoms with Crippen molar-refractivity contribution in [3.63, 3.8) is 0 Å². The zero-order chi connectivity index (χ0) is 17.9. The zero-order valence-electron chi connectivity index (χ0n) is 14.1. The first-order chi connectivity index (χ1) is 12.7. The first-order valence-corrected chi connectivity index (χ1v) is 9.62. The maximum absolute atomic E-state index is 13.0. The summed E-state index contributed by atoms with van der Waals surface area (Å²) in [6.07, 6.45) is 1.51. The van der Waals surface area contributed by atoms with E-state index >= 15 is 0 Å². The monoisotopic (exact) mass is 391 g/mol. The van der Waals surface area contributed by atoms with Gasteiger partial charge in [0, 0.05) is 31.2 Å². The molecule has 1 amide bonds. The SMILES string of the molecule is O=C(c1ccco1)N(CCN1CCOCC1)c1nc2ccc(Cl)cc2s1. The summed E-state index contributed by atoms with van der Waals surface area (Å²) < 4.78 is 11.7. The van der Waals surface area contributed by atoms with Gasteiger partial charge in [-0.15, -0.1) is 0 Å². The summed E-state index contributed by atoms with van der Waals surface area (Å²) in [5.74, 6) is 0.123. The van der Waals surface area contributed by atoms with Crippen LogP contribution in [0.25, 0.3) is 10.2 Å². The molecule has 0 aliphatic carbocycles. The number of ether oxygens (including phenoxy) is 1. The van der Waals surface area contributed by atoms with Gasteiger partial charge in [-0.3, -0.25) is 14.6 Å². The maximum Gasteiger partial charge on any atom is 0.295 e. The van der Waals surface area contributed by atoms with Crippen LogP contribution in [0.2, 0.25) is 5.02 Å². The van der Waals surface area contributed by atoms with Crippen LogP contribution in [-0.2, 0) is 4.74 Å². The third-order valence-electron chi connectivity index (χ3n) is 4.29. The maximum atomic E-state index is 13.0. The Kier molecular flexibility index (Phi) is 5.21. The van der Waals surface area contributed by atoms with Gasteiger partial charge in [0.25, 0.3) is 5.91 Å². The second-order valence-corrected chi connectivity index (χ2v) is 7.44. The van der Waals surface area contributed by atoms with Gasteiger partial charge in [-0.1, -0.05) is 22.9 Å². The van der Waals surface area contributed by atoms with Gasteiger partial charge in [0.1, 0.15) is 0 Å². The molecule has 4 rings (SSSR count). The second kappa shape index (κ2) is 7.75. The predicted octanol–water partition coefficient (Wildman–Crippen LogP) is 3.52. The van der Waals surface area contributed by atoms with Crippen molar-refractivity contribution in [3.05, 3.63) is 47.4 Å². The van der Waals surface area contributed by atoms with E-state index in [0.29, 0.717) is 22.5 Å². The molecule has 0 N–H and O–H groups in total. The van der Waals surface area contributed by atoms with E-state index in [1.165, 1.54) is 17.6 Å².